The summed E-state index contributed by atoms with van der Waals surface area (Å²) in [5, 5.41) is 12.6. The Morgan fingerprint density at radius 1 is 1.80 bits per heavy atom. The van der Waals surface area contributed by atoms with E-state index < -0.39 is 12.0 Å². The van der Waals surface area contributed by atoms with E-state index in [1.807, 2.05) is 0 Å². The van der Waals surface area contributed by atoms with Gasteiger partial charge in [-0.1, -0.05) is 11.7 Å². The molecule has 0 spiro atoms. The van der Waals surface area contributed by atoms with Gasteiger partial charge in [-0.15, -0.1) is 0 Å². The molecule has 0 aromatic carbocycles. The first kappa shape index (κ1) is 13.1. The summed E-state index contributed by atoms with van der Waals surface area (Å²) in [7, 11) is 0.944. The molecule has 7 heteroatoms. The molecule has 10 heavy (non-hydrogen) atoms. The molecular formula is C3H10N2O2S3. The average Bonchev–Trinajstić information content (AvgIpc) is 1.88. The fourth-order valence-electron chi connectivity index (χ4n) is 0.0781. The highest BCUT2D eigenvalue weighted by Gasteiger charge is 2.06. The van der Waals surface area contributed by atoms with E-state index >= 15 is 0 Å². The quantitative estimate of drug-likeness (QED) is 0.242. The Labute approximate surface area is 74.1 Å². The molecule has 4 nitrogen and oxygen atoms in total. The van der Waals surface area contributed by atoms with E-state index in [-0.39, 0.29) is 5.75 Å². The molecule has 62 valence electrons. The average molecular weight is 202 g/mol. The zero-order valence-electron chi connectivity index (χ0n) is 5.10. The number of carboxylic acids is 1. The molecule has 0 bridgehead atoms. The highest BCUT2D eigenvalue weighted by molar-refractivity contribution is 8.67. The molecule has 5 N–H and O–H groups in total. The fraction of sp³-hybridized carbons (Fsp3) is 0.667. The maximum absolute atomic E-state index is 9.76. The van der Waals surface area contributed by atoms with Gasteiger partial charge in [0, 0.05) is 5.75 Å². The molecule has 0 aliphatic carbocycles. The van der Waals surface area contributed by atoms with Crippen molar-refractivity contribution in [1.82, 2.24) is 0 Å². The maximum atomic E-state index is 9.76. The minimum absolute atomic E-state index is 0.190. The molecule has 0 aromatic heterocycles. The van der Waals surface area contributed by atoms with Gasteiger partial charge in [0.2, 0.25) is 0 Å². The molecule has 0 fully saturated rings. The molecule has 0 aliphatic heterocycles. The Kier molecular flexibility index (Phi) is 12.3. The highest BCUT2D eigenvalue weighted by Crippen LogP contribution is 1.84. The zero-order valence-corrected chi connectivity index (χ0v) is 7.70. The summed E-state index contributed by atoms with van der Waals surface area (Å²) in [5.41, 5.74) is 4.94. The monoisotopic (exact) mass is 202 g/mol. The Balaban J connectivity index is 0. The number of thiol groups is 2. The van der Waals surface area contributed by atoms with Crippen LogP contribution in [0.2, 0.25) is 0 Å². The fourth-order valence-corrected chi connectivity index (χ4v) is 0.234. The normalized spacial score (nSPS) is 11.2. The third-order valence-corrected chi connectivity index (χ3v) is 0.907. The van der Waals surface area contributed by atoms with Crippen LogP contribution < -0.4 is 10.9 Å². The van der Waals surface area contributed by atoms with Crippen molar-refractivity contribution in [3.8, 4) is 0 Å². The lowest BCUT2D eigenvalue weighted by Crippen LogP contribution is -2.31. The van der Waals surface area contributed by atoms with Crippen LogP contribution in [0.4, 0.5) is 0 Å². The van der Waals surface area contributed by atoms with Crippen molar-refractivity contribution in [3.63, 3.8) is 0 Å². The van der Waals surface area contributed by atoms with Crippen molar-refractivity contribution in [2.24, 2.45) is 10.9 Å². The topological polar surface area (TPSA) is 89.3 Å². The molecule has 0 aliphatic rings. The summed E-state index contributed by atoms with van der Waals surface area (Å²) >= 11 is 7.13. The van der Waals surface area contributed by atoms with Crippen molar-refractivity contribution >= 4 is 41.2 Å². The van der Waals surface area contributed by atoms with Gasteiger partial charge < -0.3 is 10.8 Å². The van der Waals surface area contributed by atoms with Gasteiger partial charge in [-0.05, 0) is 11.0 Å². The second kappa shape index (κ2) is 9.44. The van der Waals surface area contributed by atoms with Crippen LogP contribution in [-0.2, 0) is 4.79 Å². The van der Waals surface area contributed by atoms with Gasteiger partial charge in [0.1, 0.15) is 6.04 Å². The van der Waals surface area contributed by atoms with Crippen molar-refractivity contribution in [2.45, 2.75) is 6.04 Å². The van der Waals surface area contributed by atoms with Gasteiger partial charge in [-0.25, -0.2) is 0 Å². The molecule has 0 saturated carbocycles. The number of aliphatic carboxylic acids is 1. The van der Waals surface area contributed by atoms with Gasteiger partial charge in [-0.3, -0.25) is 9.93 Å². The predicted molar refractivity (Wildman–Crippen MR) is 50.2 cm³/mol. The van der Waals surface area contributed by atoms with Gasteiger partial charge in [0.25, 0.3) is 0 Å². The van der Waals surface area contributed by atoms with E-state index in [1.165, 1.54) is 0 Å². The van der Waals surface area contributed by atoms with Crippen molar-refractivity contribution in [3.05, 3.63) is 0 Å². The molecule has 1 atom stereocenters. The Bertz CT molecular complexity index is 91.8. The lowest BCUT2D eigenvalue weighted by atomic mass is 10.4. The van der Waals surface area contributed by atoms with Crippen LogP contribution in [0, 0.1) is 0 Å². The minimum Gasteiger partial charge on any atom is -0.480 e. The van der Waals surface area contributed by atoms with Gasteiger partial charge in [0.05, 0.1) is 0 Å². The first-order valence-corrected chi connectivity index (χ1v) is 4.76. The molecule has 0 radical (unpaired) electrons. The smallest absolute Gasteiger partial charge is 0.321 e. The third-order valence-electron chi connectivity index (χ3n) is 0.514. The number of carbonyl (C=O) groups is 1. The number of hydrogen-bond donors (Lipinski definition) is 5. The van der Waals surface area contributed by atoms with Crippen LogP contribution in [0.3, 0.4) is 0 Å². The predicted octanol–water partition coefficient (Wildman–Crippen LogP) is -0.234. The van der Waals surface area contributed by atoms with Gasteiger partial charge >= 0.3 is 5.97 Å². The third kappa shape index (κ3) is 11.3. The molecule has 0 heterocycles. The van der Waals surface area contributed by atoms with E-state index in [1.54, 1.807) is 0 Å². The summed E-state index contributed by atoms with van der Waals surface area (Å²) < 4.78 is 0. The summed E-state index contributed by atoms with van der Waals surface area (Å²) in [5.74, 6) is -0.815. The first-order valence-electron chi connectivity index (χ1n) is 2.19. The molecular weight excluding hydrogens is 192 g/mol. The highest BCUT2D eigenvalue weighted by atomic mass is 33.1. The Morgan fingerprint density at radius 2 is 2.10 bits per heavy atom. The van der Waals surface area contributed by atoms with Crippen LogP contribution in [-0.4, -0.2) is 22.9 Å². The van der Waals surface area contributed by atoms with E-state index in [0.717, 1.165) is 11.0 Å². The van der Waals surface area contributed by atoms with Crippen LogP contribution in [0.15, 0.2) is 0 Å². The van der Waals surface area contributed by atoms with E-state index in [2.05, 4.69) is 29.4 Å². The van der Waals surface area contributed by atoms with Crippen molar-refractivity contribution < 1.29 is 9.90 Å². The summed E-state index contributed by atoms with van der Waals surface area (Å²) in [4.78, 5) is 9.76. The lowest BCUT2D eigenvalue weighted by Gasteiger charge is -1.96. The summed E-state index contributed by atoms with van der Waals surface area (Å²) in [6.07, 6.45) is 0. The van der Waals surface area contributed by atoms with Gasteiger partial charge in [0.15, 0.2) is 0 Å². The first-order chi connectivity index (χ1) is 4.59. The molecule has 1 unspecified atom stereocenters. The second-order valence-electron chi connectivity index (χ2n) is 1.23. The van der Waals surface area contributed by atoms with Gasteiger partial charge in [-0.2, -0.15) is 12.6 Å². The van der Waals surface area contributed by atoms with E-state index in [0.29, 0.717) is 0 Å². The van der Waals surface area contributed by atoms with Crippen LogP contribution in [0.25, 0.3) is 0 Å². The SMILES string of the molecule is NC(CS)C(=O)O.NSS. The largest absolute Gasteiger partial charge is 0.480 e. The summed E-state index contributed by atoms with van der Waals surface area (Å²) in [6.45, 7) is 0. The number of carboxylic acid groups (broad SMARTS) is 1. The molecule has 0 saturated heterocycles. The second-order valence-corrected chi connectivity index (χ2v) is 2.44. The van der Waals surface area contributed by atoms with E-state index in [4.69, 9.17) is 10.8 Å². The maximum Gasteiger partial charge on any atom is 0.321 e. The number of nitrogens with two attached hydrogens (primary N) is 2. The van der Waals surface area contributed by atoms with Crippen molar-refractivity contribution in [2.75, 3.05) is 5.75 Å². The number of hydrogen-bond acceptors (Lipinski definition) is 6. The molecule has 0 aromatic rings. The van der Waals surface area contributed by atoms with Crippen LogP contribution in [0.1, 0.15) is 0 Å². The molecule has 0 rings (SSSR count). The number of rotatable bonds is 2. The Morgan fingerprint density at radius 3 is 2.10 bits per heavy atom. The Hall–Kier alpha value is 0.440. The summed E-state index contributed by atoms with van der Waals surface area (Å²) in [6, 6.07) is -0.816. The van der Waals surface area contributed by atoms with Crippen LogP contribution >= 0.6 is 35.3 Å². The van der Waals surface area contributed by atoms with Crippen molar-refractivity contribution in [1.29, 1.82) is 0 Å². The van der Waals surface area contributed by atoms with Crippen LogP contribution in [0.5, 0.6) is 0 Å². The standard InChI is InChI=1S/C3H7NO2S.H3NS2/c4-2(1-7)3(5)6;1-3-2/h2,7H,1,4H2,(H,5,6);2H,1H2. The lowest BCUT2D eigenvalue weighted by molar-refractivity contribution is -0.137. The minimum atomic E-state index is -1.00. The van der Waals surface area contributed by atoms with E-state index in [9.17, 15) is 4.79 Å². The zero-order chi connectivity index (χ0) is 8.57. The molecule has 0 amide bonds.